The first-order valence-electron chi connectivity index (χ1n) is 13.6. The molecule has 5 heteroatoms. The predicted molar refractivity (Wildman–Crippen MR) is 165 cm³/mol. The summed E-state index contributed by atoms with van der Waals surface area (Å²) >= 11 is 0. The second kappa shape index (κ2) is 11.6. The van der Waals surface area contributed by atoms with Gasteiger partial charge in [0.2, 0.25) is 0 Å². The van der Waals surface area contributed by atoms with Crippen LogP contribution in [0.1, 0.15) is 5.56 Å². The van der Waals surface area contributed by atoms with Crippen LogP contribution < -0.4 is 0 Å². The number of nitrogens with zero attached hydrogens (tertiary/aromatic N) is 3. The van der Waals surface area contributed by atoms with Crippen molar-refractivity contribution in [3.63, 3.8) is 0 Å². The van der Waals surface area contributed by atoms with Gasteiger partial charge < -0.3 is 9.51 Å². The summed E-state index contributed by atoms with van der Waals surface area (Å²) in [4.78, 5) is 10.1. The molecular formula is C37H26N3OPt-. The Morgan fingerprint density at radius 1 is 0.619 bits per heavy atom. The molecule has 42 heavy (non-hydrogen) atoms. The maximum absolute atomic E-state index is 10.7. The molecule has 0 aliphatic heterocycles. The molecule has 7 rings (SSSR count). The van der Waals surface area contributed by atoms with E-state index in [-0.39, 0.29) is 26.8 Å². The number of aromatic hydroxyl groups is 1. The van der Waals surface area contributed by atoms with Crippen LogP contribution in [0.4, 0.5) is 0 Å². The van der Waals surface area contributed by atoms with Crippen molar-refractivity contribution < 1.29 is 26.2 Å². The van der Waals surface area contributed by atoms with E-state index in [2.05, 4.69) is 47.7 Å². The van der Waals surface area contributed by atoms with Crippen LogP contribution in [0.3, 0.4) is 0 Å². The minimum atomic E-state index is 0. The van der Waals surface area contributed by atoms with Crippen molar-refractivity contribution in [2.75, 3.05) is 0 Å². The van der Waals surface area contributed by atoms with E-state index in [4.69, 9.17) is 9.97 Å². The zero-order valence-corrected chi connectivity index (χ0v) is 25.1. The minimum Gasteiger partial charge on any atom is -0.507 e. The van der Waals surface area contributed by atoms with Crippen molar-refractivity contribution in [2.24, 2.45) is 0 Å². The van der Waals surface area contributed by atoms with Crippen molar-refractivity contribution in [2.45, 2.75) is 6.92 Å². The van der Waals surface area contributed by atoms with E-state index in [0.29, 0.717) is 11.3 Å². The summed E-state index contributed by atoms with van der Waals surface area (Å²) in [5.41, 5.74) is 11.1. The van der Waals surface area contributed by atoms with Crippen molar-refractivity contribution in [1.82, 2.24) is 14.4 Å². The Kier molecular flexibility index (Phi) is 7.56. The largest absolute Gasteiger partial charge is 0.507 e. The van der Waals surface area contributed by atoms with Crippen LogP contribution in [-0.2, 0) is 21.1 Å². The zero-order valence-electron chi connectivity index (χ0n) is 22.8. The molecule has 0 saturated heterocycles. The van der Waals surface area contributed by atoms with Crippen LogP contribution in [0.5, 0.6) is 5.75 Å². The molecule has 0 saturated carbocycles. The topological polar surface area (TPSA) is 50.4 Å². The van der Waals surface area contributed by atoms with Crippen LogP contribution in [0.2, 0.25) is 0 Å². The van der Waals surface area contributed by atoms with Crippen LogP contribution in [-0.4, -0.2) is 19.5 Å². The van der Waals surface area contributed by atoms with Gasteiger partial charge in [-0.2, -0.15) is 0 Å². The summed E-state index contributed by atoms with van der Waals surface area (Å²) in [6.07, 6.45) is 2.05. The molecule has 0 unspecified atom stereocenters. The Morgan fingerprint density at radius 3 is 2.12 bits per heavy atom. The van der Waals surface area contributed by atoms with Crippen LogP contribution in [0.15, 0.2) is 134 Å². The van der Waals surface area contributed by atoms with E-state index in [0.717, 1.165) is 50.5 Å². The number of pyridine rings is 2. The van der Waals surface area contributed by atoms with Crippen molar-refractivity contribution in [1.29, 1.82) is 0 Å². The Balaban J connectivity index is 0.00000316. The monoisotopic (exact) mass is 723 g/mol. The quantitative estimate of drug-likeness (QED) is 0.181. The molecule has 4 aromatic carbocycles. The molecule has 3 heterocycles. The smallest absolute Gasteiger partial charge is 0.129 e. The molecule has 7 aromatic rings. The Labute approximate surface area is 259 Å². The number of benzene rings is 4. The van der Waals surface area contributed by atoms with Crippen molar-refractivity contribution in [3.8, 4) is 61.9 Å². The minimum absolute atomic E-state index is 0. The number of rotatable bonds is 5. The van der Waals surface area contributed by atoms with Gasteiger partial charge in [0.05, 0.1) is 5.69 Å². The number of phenolic OH excluding ortho intramolecular Hbond substituents is 1. The zero-order chi connectivity index (χ0) is 27.8. The van der Waals surface area contributed by atoms with E-state index in [1.54, 1.807) is 6.07 Å². The van der Waals surface area contributed by atoms with Crippen molar-refractivity contribution in [3.05, 3.63) is 145 Å². The molecule has 0 atom stereocenters. The summed E-state index contributed by atoms with van der Waals surface area (Å²) in [6.45, 7) is 2.11. The number of aromatic nitrogens is 3. The molecule has 0 radical (unpaired) electrons. The summed E-state index contributed by atoms with van der Waals surface area (Å²) < 4.78 is 2.12. The fraction of sp³-hybridized carbons (Fsp3) is 0.0270. The number of imidazole rings is 1. The van der Waals surface area contributed by atoms with Gasteiger partial charge in [0, 0.05) is 49.9 Å². The number of hydrogen-bond acceptors (Lipinski definition) is 3. The molecule has 0 aliphatic rings. The third-order valence-electron chi connectivity index (χ3n) is 7.36. The van der Waals surface area contributed by atoms with Gasteiger partial charge in [0.15, 0.2) is 0 Å². The summed E-state index contributed by atoms with van der Waals surface area (Å²) in [5, 5.41) is 10.7. The third kappa shape index (κ3) is 5.06. The molecule has 206 valence electrons. The Morgan fingerprint density at radius 2 is 1.31 bits per heavy atom. The van der Waals surface area contributed by atoms with E-state index >= 15 is 0 Å². The van der Waals surface area contributed by atoms with E-state index < -0.39 is 0 Å². The molecule has 3 aromatic heterocycles. The van der Waals surface area contributed by atoms with Gasteiger partial charge in [-0.15, -0.1) is 24.3 Å². The molecule has 0 fully saturated rings. The number of para-hydroxylation sites is 1. The van der Waals surface area contributed by atoms with E-state index in [9.17, 15) is 5.11 Å². The summed E-state index contributed by atoms with van der Waals surface area (Å²) in [6, 6.07) is 45.9. The first kappa shape index (κ1) is 27.4. The average Bonchev–Trinajstić information content (AvgIpc) is 3.42. The molecular weight excluding hydrogens is 698 g/mol. The van der Waals surface area contributed by atoms with Crippen LogP contribution in [0.25, 0.3) is 61.8 Å². The molecule has 1 N–H and O–H groups in total. The van der Waals surface area contributed by atoms with Crippen LogP contribution in [0, 0.1) is 13.0 Å². The number of phenols is 1. The van der Waals surface area contributed by atoms with E-state index in [1.165, 1.54) is 5.56 Å². The van der Waals surface area contributed by atoms with E-state index in [1.807, 2.05) is 97.2 Å². The normalized spacial score (nSPS) is 10.9. The molecule has 0 aliphatic carbocycles. The van der Waals surface area contributed by atoms with Gasteiger partial charge in [0.1, 0.15) is 11.4 Å². The molecule has 4 nitrogen and oxygen atoms in total. The van der Waals surface area contributed by atoms with Gasteiger partial charge >= 0.3 is 0 Å². The predicted octanol–water partition coefficient (Wildman–Crippen LogP) is 8.88. The van der Waals surface area contributed by atoms with Crippen LogP contribution >= 0.6 is 0 Å². The first-order valence-corrected chi connectivity index (χ1v) is 13.6. The standard InChI is InChI=1S/C37H26N3O.Pt/c1-25-12-5-6-17-30(25)29-23-32(38-33(24-29)31-18-7-8-19-34(31)41)27-15-11-16-28(22-27)36-37(26-13-3-2-4-14-26)40-21-10-9-20-35(40)39-36;/h2-21,23-24,41H,1H3;/q-1;. The van der Waals surface area contributed by atoms with Gasteiger partial charge in [0.25, 0.3) is 0 Å². The maximum atomic E-state index is 10.7. The maximum Gasteiger partial charge on any atom is 0.129 e. The molecule has 0 spiro atoms. The second-order valence-electron chi connectivity index (χ2n) is 10.0. The third-order valence-corrected chi connectivity index (χ3v) is 7.36. The summed E-state index contributed by atoms with van der Waals surface area (Å²) in [7, 11) is 0. The number of hydrogen-bond donors (Lipinski definition) is 1. The van der Waals surface area contributed by atoms with Gasteiger partial charge in [-0.05, 0) is 59.5 Å². The van der Waals surface area contributed by atoms with Gasteiger partial charge in [-0.3, -0.25) is 9.97 Å². The average molecular weight is 724 g/mol. The summed E-state index contributed by atoms with van der Waals surface area (Å²) in [5.74, 6) is 0.197. The SMILES string of the molecule is Cc1ccccc1-c1cc(-c2[c-]c(-c3nc4ccccn4c3-c3ccccc3)ccc2)nc(-c2ccccc2O)c1.[Pt]. The number of fused-ring (bicyclic) bond motifs is 1. The fourth-order valence-electron chi connectivity index (χ4n) is 5.36. The Hall–Kier alpha value is -4.79. The first-order chi connectivity index (χ1) is 20.2. The second-order valence-corrected chi connectivity index (χ2v) is 10.0. The fourth-order valence-corrected chi connectivity index (χ4v) is 5.36. The number of aryl methyl sites for hydroxylation is 1. The van der Waals surface area contributed by atoms with Gasteiger partial charge in [-0.25, -0.2) is 0 Å². The van der Waals surface area contributed by atoms with Crippen molar-refractivity contribution >= 4 is 5.65 Å². The molecule has 0 bridgehead atoms. The Bertz CT molecular complexity index is 1970. The molecule has 0 amide bonds. The van der Waals surface area contributed by atoms with Gasteiger partial charge in [-0.1, -0.05) is 90.0 Å².